The van der Waals surface area contributed by atoms with E-state index in [1.54, 1.807) is 16.0 Å². The van der Waals surface area contributed by atoms with Crippen molar-refractivity contribution in [2.45, 2.75) is 59.0 Å². The standard InChI is InChI=1S/C25H30N6O2S/c1-15(2)31-22(28-29-24(31)25(3,4)5)23-27-21-18-7-6-16(17-13-26-30(14-17)9-10-32)12-19(18)33-11-8-20(21)34-23/h6-7,12-15,32H,8-11H2,1-5H3. The van der Waals surface area contributed by atoms with Gasteiger partial charge in [0.1, 0.15) is 11.6 Å². The minimum absolute atomic E-state index is 0.0607. The zero-order valence-corrected chi connectivity index (χ0v) is 21.1. The Balaban J connectivity index is 1.55. The van der Waals surface area contributed by atoms with Gasteiger partial charge in [0, 0.05) is 40.1 Å². The van der Waals surface area contributed by atoms with Crippen molar-refractivity contribution in [3.8, 4) is 39.0 Å². The summed E-state index contributed by atoms with van der Waals surface area (Å²) < 4.78 is 10.1. The fraction of sp³-hybridized carbons (Fsp3) is 0.440. The Labute approximate surface area is 203 Å². The largest absolute Gasteiger partial charge is 0.492 e. The summed E-state index contributed by atoms with van der Waals surface area (Å²) in [5.74, 6) is 2.62. The number of aromatic nitrogens is 6. The number of ether oxygens (including phenoxy) is 1. The van der Waals surface area contributed by atoms with Crippen LogP contribution < -0.4 is 4.74 Å². The topological polar surface area (TPSA) is 90.9 Å². The lowest BCUT2D eigenvalue weighted by Gasteiger charge is -2.21. The molecule has 0 unspecified atom stereocenters. The number of aliphatic hydroxyl groups excluding tert-OH is 1. The molecule has 8 nitrogen and oxygen atoms in total. The number of aliphatic hydroxyl groups is 1. The van der Waals surface area contributed by atoms with Crippen LogP contribution in [0.25, 0.3) is 33.2 Å². The van der Waals surface area contributed by atoms with Gasteiger partial charge >= 0.3 is 0 Å². The smallest absolute Gasteiger partial charge is 0.193 e. The van der Waals surface area contributed by atoms with Crippen LogP contribution >= 0.6 is 11.3 Å². The van der Waals surface area contributed by atoms with Crippen molar-refractivity contribution in [3.63, 3.8) is 0 Å². The number of nitrogens with zero attached hydrogens (tertiary/aromatic N) is 6. The van der Waals surface area contributed by atoms with Gasteiger partial charge in [0.15, 0.2) is 10.8 Å². The van der Waals surface area contributed by atoms with Gasteiger partial charge < -0.3 is 14.4 Å². The molecule has 1 aliphatic heterocycles. The zero-order valence-electron chi connectivity index (χ0n) is 20.2. The Morgan fingerprint density at radius 2 is 2.00 bits per heavy atom. The van der Waals surface area contributed by atoms with E-state index in [0.29, 0.717) is 13.2 Å². The van der Waals surface area contributed by atoms with Crippen molar-refractivity contribution in [1.29, 1.82) is 0 Å². The molecule has 0 saturated heterocycles. The normalized spacial score (nSPS) is 13.5. The van der Waals surface area contributed by atoms with Gasteiger partial charge in [-0.2, -0.15) is 5.10 Å². The number of thiazole rings is 1. The van der Waals surface area contributed by atoms with E-state index in [9.17, 15) is 0 Å². The van der Waals surface area contributed by atoms with E-state index < -0.39 is 0 Å². The van der Waals surface area contributed by atoms with Gasteiger partial charge in [-0.3, -0.25) is 4.68 Å². The van der Waals surface area contributed by atoms with Crippen LogP contribution in [-0.4, -0.2) is 47.8 Å². The number of benzene rings is 1. The molecular formula is C25H30N6O2S. The first-order chi connectivity index (χ1) is 16.3. The first kappa shape index (κ1) is 22.7. The summed E-state index contributed by atoms with van der Waals surface area (Å²) in [7, 11) is 0. The molecule has 9 heteroatoms. The third-order valence-electron chi connectivity index (χ3n) is 5.89. The molecule has 1 aliphatic rings. The summed E-state index contributed by atoms with van der Waals surface area (Å²) in [5.41, 5.74) is 3.86. The van der Waals surface area contributed by atoms with Crippen molar-refractivity contribution in [3.05, 3.63) is 41.3 Å². The van der Waals surface area contributed by atoms with E-state index in [4.69, 9.17) is 14.8 Å². The van der Waals surface area contributed by atoms with E-state index in [-0.39, 0.29) is 18.1 Å². The maximum atomic E-state index is 9.16. The van der Waals surface area contributed by atoms with Crippen molar-refractivity contribution in [1.82, 2.24) is 29.5 Å². The summed E-state index contributed by atoms with van der Waals surface area (Å²) in [6, 6.07) is 6.44. The molecule has 0 bridgehead atoms. The molecule has 178 valence electrons. The Morgan fingerprint density at radius 3 is 2.74 bits per heavy atom. The highest BCUT2D eigenvalue weighted by Crippen LogP contribution is 2.42. The lowest BCUT2D eigenvalue weighted by molar-refractivity contribution is 0.269. The maximum absolute atomic E-state index is 9.16. The molecule has 0 radical (unpaired) electrons. The molecule has 3 aromatic heterocycles. The highest BCUT2D eigenvalue weighted by atomic mass is 32.1. The molecule has 0 fully saturated rings. The highest BCUT2D eigenvalue weighted by molar-refractivity contribution is 7.15. The molecular weight excluding hydrogens is 448 g/mol. The van der Waals surface area contributed by atoms with Crippen LogP contribution in [0.4, 0.5) is 0 Å². The molecule has 0 spiro atoms. The molecule has 4 heterocycles. The van der Waals surface area contributed by atoms with Crippen molar-refractivity contribution in [2.75, 3.05) is 13.2 Å². The third-order valence-corrected chi connectivity index (χ3v) is 7.00. The van der Waals surface area contributed by atoms with Crippen molar-refractivity contribution < 1.29 is 9.84 Å². The van der Waals surface area contributed by atoms with Crippen LogP contribution in [0.15, 0.2) is 30.6 Å². The molecule has 5 rings (SSSR count). The third kappa shape index (κ3) is 4.03. The number of hydrogen-bond donors (Lipinski definition) is 1. The van der Waals surface area contributed by atoms with Crippen LogP contribution in [0.3, 0.4) is 0 Å². The average molecular weight is 479 g/mol. The summed E-state index contributed by atoms with van der Waals surface area (Å²) in [4.78, 5) is 6.26. The second-order valence-corrected chi connectivity index (χ2v) is 11.0. The Bertz CT molecular complexity index is 1330. The average Bonchev–Trinajstić information content (AvgIpc) is 3.50. The Kier molecular flexibility index (Phi) is 5.77. The monoisotopic (exact) mass is 478 g/mol. The van der Waals surface area contributed by atoms with E-state index in [2.05, 4.69) is 72.7 Å². The van der Waals surface area contributed by atoms with Gasteiger partial charge in [0.05, 0.1) is 31.6 Å². The van der Waals surface area contributed by atoms with E-state index >= 15 is 0 Å². The van der Waals surface area contributed by atoms with Gasteiger partial charge in [0.25, 0.3) is 0 Å². The lowest BCUT2D eigenvalue weighted by atomic mass is 9.95. The predicted molar refractivity (Wildman–Crippen MR) is 133 cm³/mol. The number of hydrogen-bond acceptors (Lipinski definition) is 7. The fourth-order valence-electron chi connectivity index (χ4n) is 4.27. The zero-order chi connectivity index (χ0) is 24.0. The first-order valence-corrected chi connectivity index (χ1v) is 12.4. The maximum Gasteiger partial charge on any atom is 0.193 e. The van der Waals surface area contributed by atoms with Crippen LogP contribution in [0.1, 0.15) is 51.4 Å². The molecule has 0 aliphatic carbocycles. The fourth-order valence-corrected chi connectivity index (χ4v) is 5.31. The lowest BCUT2D eigenvalue weighted by Crippen LogP contribution is -2.20. The van der Waals surface area contributed by atoms with Crippen LogP contribution in [0, 0.1) is 0 Å². The summed E-state index contributed by atoms with van der Waals surface area (Å²) in [6.07, 6.45) is 4.55. The second-order valence-electron chi connectivity index (χ2n) is 9.88. The minimum Gasteiger partial charge on any atom is -0.492 e. The summed E-state index contributed by atoms with van der Waals surface area (Å²) in [6.45, 7) is 11.9. The van der Waals surface area contributed by atoms with E-state index in [0.717, 1.165) is 51.2 Å². The molecule has 4 aromatic rings. The van der Waals surface area contributed by atoms with Crippen LogP contribution in [-0.2, 0) is 18.4 Å². The second kappa shape index (κ2) is 8.63. The van der Waals surface area contributed by atoms with E-state index in [1.165, 1.54) is 4.88 Å². The van der Waals surface area contributed by atoms with Crippen molar-refractivity contribution >= 4 is 11.3 Å². The van der Waals surface area contributed by atoms with Gasteiger partial charge in [-0.1, -0.05) is 26.8 Å². The molecule has 34 heavy (non-hydrogen) atoms. The van der Waals surface area contributed by atoms with Gasteiger partial charge in [-0.25, -0.2) is 4.98 Å². The van der Waals surface area contributed by atoms with E-state index in [1.807, 2.05) is 12.4 Å². The Hall–Kier alpha value is -3.04. The molecule has 1 N–H and O–H groups in total. The summed E-state index contributed by atoms with van der Waals surface area (Å²) >= 11 is 1.68. The quantitative estimate of drug-likeness (QED) is 0.446. The SMILES string of the molecule is CC(C)n1c(-c2nc3c(s2)CCOc2cc(-c4cnn(CCO)c4)ccc2-3)nnc1C(C)(C)C. The summed E-state index contributed by atoms with van der Waals surface area (Å²) in [5, 5.41) is 23.5. The first-order valence-electron chi connectivity index (χ1n) is 11.6. The molecule has 0 amide bonds. The highest BCUT2D eigenvalue weighted by Gasteiger charge is 2.29. The number of rotatable bonds is 5. The van der Waals surface area contributed by atoms with Crippen LogP contribution in [0.2, 0.25) is 0 Å². The number of fused-ring (bicyclic) bond motifs is 3. The van der Waals surface area contributed by atoms with Gasteiger partial charge in [-0.05, 0) is 31.5 Å². The Morgan fingerprint density at radius 1 is 1.18 bits per heavy atom. The van der Waals surface area contributed by atoms with Crippen LogP contribution in [0.5, 0.6) is 5.75 Å². The minimum atomic E-state index is -0.105. The molecule has 0 saturated carbocycles. The molecule has 0 atom stereocenters. The predicted octanol–water partition coefficient (Wildman–Crippen LogP) is 4.74. The van der Waals surface area contributed by atoms with Gasteiger partial charge in [-0.15, -0.1) is 21.5 Å². The van der Waals surface area contributed by atoms with Gasteiger partial charge in [0.2, 0.25) is 0 Å². The van der Waals surface area contributed by atoms with Crippen molar-refractivity contribution in [2.24, 2.45) is 0 Å². The molecule has 1 aromatic carbocycles.